The number of guanidine groups is 1. The van der Waals surface area contributed by atoms with Crippen LogP contribution in [0.25, 0.3) is 0 Å². The Morgan fingerprint density at radius 3 is 2.44 bits per heavy atom. The highest BCUT2D eigenvalue weighted by atomic mass is 127. The summed E-state index contributed by atoms with van der Waals surface area (Å²) in [6.45, 7) is 6.16. The van der Waals surface area contributed by atoms with Crippen LogP contribution in [-0.4, -0.2) is 44.1 Å². The molecule has 0 aromatic rings. The number of aliphatic imine (C=N–C) groups is 1. The highest BCUT2D eigenvalue weighted by molar-refractivity contribution is 14.0. The Labute approximate surface area is 129 Å². The molecule has 0 saturated heterocycles. The molecule has 0 aliphatic heterocycles. The van der Waals surface area contributed by atoms with Crippen LogP contribution in [0.4, 0.5) is 0 Å². The zero-order valence-electron chi connectivity index (χ0n) is 12.1. The Hall–Kier alpha value is -0.0400. The maximum atomic E-state index is 5.85. The third-order valence-electron chi connectivity index (χ3n) is 3.31. The predicted molar refractivity (Wildman–Crippen MR) is 89.6 cm³/mol. The molecular weight excluding hydrogens is 339 g/mol. The molecule has 1 rings (SSSR count). The Morgan fingerprint density at radius 2 is 2.00 bits per heavy atom. The zero-order valence-corrected chi connectivity index (χ0v) is 14.5. The molecule has 0 spiro atoms. The number of nitrogens with zero attached hydrogens (tertiary/aromatic N) is 2. The molecule has 0 aromatic heterocycles. The first-order chi connectivity index (χ1) is 8.00. The van der Waals surface area contributed by atoms with E-state index in [1.165, 1.54) is 12.8 Å². The van der Waals surface area contributed by atoms with Crippen molar-refractivity contribution in [3.63, 3.8) is 0 Å². The molecule has 0 heterocycles. The molecule has 3 N–H and O–H groups in total. The van der Waals surface area contributed by atoms with Gasteiger partial charge in [-0.2, -0.15) is 0 Å². The second-order valence-electron chi connectivity index (χ2n) is 5.70. The molecule has 1 atom stereocenters. The van der Waals surface area contributed by atoms with Crippen molar-refractivity contribution in [3.8, 4) is 0 Å². The average Bonchev–Trinajstić information content (AvgIpc) is 3.01. The minimum Gasteiger partial charge on any atom is -0.370 e. The first-order valence-corrected chi connectivity index (χ1v) is 6.71. The van der Waals surface area contributed by atoms with E-state index in [1.54, 1.807) is 0 Å². The van der Waals surface area contributed by atoms with E-state index >= 15 is 0 Å². The lowest BCUT2D eigenvalue weighted by Crippen LogP contribution is -2.37. The van der Waals surface area contributed by atoms with E-state index < -0.39 is 0 Å². The van der Waals surface area contributed by atoms with Gasteiger partial charge in [0.1, 0.15) is 0 Å². The van der Waals surface area contributed by atoms with E-state index in [0.717, 1.165) is 25.4 Å². The fourth-order valence-electron chi connectivity index (χ4n) is 1.95. The van der Waals surface area contributed by atoms with Gasteiger partial charge in [0.15, 0.2) is 5.96 Å². The molecule has 1 fully saturated rings. The van der Waals surface area contributed by atoms with Crippen LogP contribution in [0.3, 0.4) is 0 Å². The maximum Gasteiger partial charge on any atom is 0.188 e. The van der Waals surface area contributed by atoms with Gasteiger partial charge in [0, 0.05) is 12.6 Å². The predicted octanol–water partition coefficient (Wildman–Crippen LogP) is 1.90. The highest BCUT2D eigenvalue weighted by Gasteiger charge is 2.32. The van der Waals surface area contributed by atoms with Crippen molar-refractivity contribution in [1.29, 1.82) is 0 Å². The van der Waals surface area contributed by atoms with Gasteiger partial charge in [0.25, 0.3) is 0 Å². The Morgan fingerprint density at radius 1 is 1.39 bits per heavy atom. The summed E-state index contributed by atoms with van der Waals surface area (Å²) < 4.78 is 0. The average molecular weight is 368 g/mol. The molecule has 18 heavy (non-hydrogen) atoms. The largest absolute Gasteiger partial charge is 0.370 e. The molecule has 4 nitrogen and oxygen atoms in total. The molecule has 108 valence electrons. The molecule has 0 radical (unpaired) electrons. The molecule has 1 aliphatic carbocycles. The van der Waals surface area contributed by atoms with Crippen LogP contribution in [0.2, 0.25) is 0 Å². The second kappa shape index (κ2) is 8.96. The van der Waals surface area contributed by atoms with Crippen molar-refractivity contribution in [2.24, 2.45) is 22.6 Å². The van der Waals surface area contributed by atoms with Crippen LogP contribution >= 0.6 is 24.0 Å². The number of likely N-dealkylation sites (N-methyl/N-ethyl adjacent to an activating group) is 1. The van der Waals surface area contributed by atoms with Gasteiger partial charge in [-0.15, -0.1) is 24.0 Å². The van der Waals surface area contributed by atoms with E-state index in [9.17, 15) is 0 Å². The van der Waals surface area contributed by atoms with Gasteiger partial charge in [-0.3, -0.25) is 4.99 Å². The summed E-state index contributed by atoms with van der Waals surface area (Å²) in [6.07, 6.45) is 3.83. The maximum absolute atomic E-state index is 5.85. The fourth-order valence-corrected chi connectivity index (χ4v) is 1.95. The minimum atomic E-state index is 0. The number of hydrogen-bond acceptors (Lipinski definition) is 2. The van der Waals surface area contributed by atoms with Crippen LogP contribution in [0, 0.1) is 11.8 Å². The lowest BCUT2D eigenvalue weighted by molar-refractivity contribution is 0.271. The monoisotopic (exact) mass is 368 g/mol. The summed E-state index contributed by atoms with van der Waals surface area (Å²) in [4.78, 5) is 6.71. The molecule has 0 bridgehead atoms. The van der Waals surface area contributed by atoms with Gasteiger partial charge >= 0.3 is 0 Å². The first kappa shape index (κ1) is 18.0. The molecule has 5 heteroatoms. The normalized spacial score (nSPS) is 17.8. The van der Waals surface area contributed by atoms with E-state index in [4.69, 9.17) is 5.73 Å². The van der Waals surface area contributed by atoms with Crippen molar-refractivity contribution in [2.75, 3.05) is 27.2 Å². The van der Waals surface area contributed by atoms with Gasteiger partial charge in [0.05, 0.1) is 6.54 Å². The van der Waals surface area contributed by atoms with E-state index in [1.807, 2.05) is 0 Å². The Kier molecular flexibility index (Phi) is 8.94. The van der Waals surface area contributed by atoms with Gasteiger partial charge in [-0.1, -0.05) is 13.8 Å². The molecule has 0 amide bonds. The third kappa shape index (κ3) is 7.41. The standard InChI is InChI=1S/C13H28N4.HI/c1-10(2)7-8-15-13(14)16-9-12(17(3)4)11-5-6-11;/h10-12H,5-9H2,1-4H3,(H3,14,15,16);1H. The smallest absolute Gasteiger partial charge is 0.188 e. The molecule has 1 saturated carbocycles. The third-order valence-corrected chi connectivity index (χ3v) is 3.31. The lowest BCUT2D eigenvalue weighted by atomic mass is 10.1. The molecule has 1 aliphatic rings. The number of nitrogens with one attached hydrogen (secondary N) is 1. The van der Waals surface area contributed by atoms with E-state index in [2.05, 4.69) is 43.2 Å². The van der Waals surface area contributed by atoms with Gasteiger partial charge in [0.2, 0.25) is 0 Å². The molecular formula is C13H29IN4. The number of hydrogen-bond donors (Lipinski definition) is 2. The van der Waals surface area contributed by atoms with Crippen molar-refractivity contribution in [2.45, 2.75) is 39.2 Å². The zero-order chi connectivity index (χ0) is 12.8. The molecule has 0 aromatic carbocycles. The first-order valence-electron chi connectivity index (χ1n) is 6.71. The van der Waals surface area contributed by atoms with Crippen LogP contribution in [0.15, 0.2) is 4.99 Å². The van der Waals surface area contributed by atoms with Crippen molar-refractivity contribution in [3.05, 3.63) is 0 Å². The van der Waals surface area contributed by atoms with Crippen LogP contribution in [0.5, 0.6) is 0 Å². The Bertz CT molecular complexity index is 247. The SMILES string of the molecule is CC(C)CCNC(N)=NCC(C1CC1)N(C)C.I. The van der Waals surface area contributed by atoms with Crippen LogP contribution < -0.4 is 11.1 Å². The summed E-state index contributed by atoms with van der Waals surface area (Å²) in [6, 6.07) is 0.556. The number of nitrogens with two attached hydrogens (primary N) is 1. The summed E-state index contributed by atoms with van der Waals surface area (Å²) in [5.74, 6) is 2.13. The minimum absolute atomic E-state index is 0. The van der Waals surface area contributed by atoms with Crippen LogP contribution in [0.1, 0.15) is 33.1 Å². The van der Waals surface area contributed by atoms with E-state index in [0.29, 0.717) is 17.9 Å². The lowest BCUT2D eigenvalue weighted by Gasteiger charge is -2.22. The van der Waals surface area contributed by atoms with Gasteiger partial charge < -0.3 is 16.0 Å². The highest BCUT2D eigenvalue weighted by Crippen LogP contribution is 2.34. The van der Waals surface area contributed by atoms with Crippen LogP contribution in [-0.2, 0) is 0 Å². The summed E-state index contributed by atoms with van der Waals surface area (Å²) in [7, 11) is 4.25. The number of halogens is 1. The summed E-state index contributed by atoms with van der Waals surface area (Å²) in [5.41, 5.74) is 5.85. The van der Waals surface area contributed by atoms with E-state index in [-0.39, 0.29) is 24.0 Å². The molecule has 1 unspecified atom stereocenters. The fraction of sp³-hybridized carbons (Fsp3) is 0.923. The summed E-state index contributed by atoms with van der Waals surface area (Å²) >= 11 is 0. The van der Waals surface area contributed by atoms with Crippen molar-refractivity contribution >= 4 is 29.9 Å². The van der Waals surface area contributed by atoms with Gasteiger partial charge in [-0.25, -0.2) is 0 Å². The quantitative estimate of drug-likeness (QED) is 0.410. The van der Waals surface area contributed by atoms with Crippen molar-refractivity contribution in [1.82, 2.24) is 10.2 Å². The van der Waals surface area contributed by atoms with Crippen molar-refractivity contribution < 1.29 is 0 Å². The second-order valence-corrected chi connectivity index (χ2v) is 5.70. The summed E-state index contributed by atoms with van der Waals surface area (Å²) in [5, 5.41) is 3.18. The van der Waals surface area contributed by atoms with Gasteiger partial charge in [-0.05, 0) is 45.2 Å². The number of rotatable bonds is 7. The Balaban J connectivity index is 0.00000289. The topological polar surface area (TPSA) is 53.6 Å².